The van der Waals surface area contributed by atoms with Gasteiger partial charge in [-0.1, -0.05) is 28.1 Å². The number of ether oxygens (including phenoxy) is 1. The molecule has 0 fully saturated rings. The molecule has 3 aromatic rings. The molecular weight excluding hydrogens is 306 g/mol. The van der Waals surface area contributed by atoms with Crippen molar-refractivity contribution in [3.63, 3.8) is 0 Å². The summed E-state index contributed by atoms with van der Waals surface area (Å²) < 4.78 is 6.68. The predicted octanol–water partition coefficient (Wildman–Crippen LogP) is 4.22. The van der Waals surface area contributed by atoms with Gasteiger partial charge < -0.3 is 14.8 Å². The summed E-state index contributed by atoms with van der Waals surface area (Å²) in [5.41, 5.74) is 1.84. The first-order valence-corrected chi connectivity index (χ1v) is 6.69. The molecule has 0 amide bonds. The van der Waals surface area contributed by atoms with Crippen LogP contribution in [0, 0.1) is 0 Å². The molecule has 0 atom stereocenters. The van der Waals surface area contributed by atoms with E-state index in [1.165, 1.54) is 0 Å². The summed E-state index contributed by atoms with van der Waals surface area (Å²) in [4.78, 5) is 3.22. The molecule has 0 saturated heterocycles. The van der Waals surface area contributed by atoms with Crippen LogP contribution >= 0.6 is 15.9 Å². The third-order valence-corrected chi connectivity index (χ3v) is 3.38. The van der Waals surface area contributed by atoms with E-state index in [1.54, 1.807) is 6.07 Å². The first-order valence-electron chi connectivity index (χ1n) is 5.90. The molecule has 2 aromatic carbocycles. The quantitative estimate of drug-likeness (QED) is 0.759. The van der Waals surface area contributed by atoms with Gasteiger partial charge in [0.05, 0.1) is 5.69 Å². The smallest absolute Gasteiger partial charge is 0.128 e. The van der Waals surface area contributed by atoms with Crippen molar-refractivity contribution in [3.05, 3.63) is 58.7 Å². The van der Waals surface area contributed by atoms with E-state index >= 15 is 0 Å². The Bertz CT molecular complexity index is 721. The lowest BCUT2D eigenvalue weighted by Crippen LogP contribution is -1.95. The average molecular weight is 318 g/mol. The zero-order chi connectivity index (χ0) is 13.2. The topological polar surface area (TPSA) is 45.2 Å². The van der Waals surface area contributed by atoms with Crippen molar-refractivity contribution in [2.45, 2.75) is 6.61 Å². The minimum absolute atomic E-state index is 0.280. The second-order valence-electron chi connectivity index (χ2n) is 4.28. The monoisotopic (exact) mass is 317 g/mol. The number of hydrogen-bond acceptors (Lipinski definition) is 2. The van der Waals surface area contributed by atoms with Gasteiger partial charge in [-0.3, -0.25) is 0 Å². The molecule has 2 N–H and O–H groups in total. The van der Waals surface area contributed by atoms with E-state index in [-0.39, 0.29) is 5.75 Å². The number of aromatic nitrogens is 1. The van der Waals surface area contributed by atoms with Crippen LogP contribution in [0.5, 0.6) is 11.5 Å². The maximum atomic E-state index is 9.74. The summed E-state index contributed by atoms with van der Waals surface area (Å²) in [7, 11) is 0. The second-order valence-corrected chi connectivity index (χ2v) is 5.19. The van der Waals surface area contributed by atoms with Crippen LogP contribution in [-0.2, 0) is 6.61 Å². The van der Waals surface area contributed by atoms with E-state index in [4.69, 9.17) is 4.74 Å². The van der Waals surface area contributed by atoms with Crippen LogP contribution in [0.15, 0.2) is 53.0 Å². The van der Waals surface area contributed by atoms with Crippen LogP contribution in [0.1, 0.15) is 5.69 Å². The summed E-state index contributed by atoms with van der Waals surface area (Å²) in [6.45, 7) is 0.435. The van der Waals surface area contributed by atoms with Crippen LogP contribution in [-0.4, -0.2) is 10.1 Å². The van der Waals surface area contributed by atoms with Gasteiger partial charge in [0.15, 0.2) is 0 Å². The lowest BCUT2D eigenvalue weighted by Gasteiger charge is -2.04. The summed E-state index contributed by atoms with van der Waals surface area (Å²) in [5.74, 6) is 1.08. The van der Waals surface area contributed by atoms with E-state index in [9.17, 15) is 5.11 Å². The maximum Gasteiger partial charge on any atom is 0.128 e. The molecule has 0 radical (unpaired) electrons. The summed E-state index contributed by atoms with van der Waals surface area (Å²) in [6, 6.07) is 15.0. The SMILES string of the molecule is Oc1cccc2[nH]c(COc3cccc(Br)c3)cc12. The first-order chi connectivity index (χ1) is 9.22. The number of rotatable bonds is 3. The number of nitrogens with one attached hydrogen (secondary N) is 1. The molecule has 0 spiro atoms. The molecule has 0 saturated carbocycles. The molecule has 1 aromatic heterocycles. The minimum atomic E-state index is 0.280. The van der Waals surface area contributed by atoms with E-state index in [0.717, 1.165) is 26.8 Å². The van der Waals surface area contributed by atoms with Crippen LogP contribution in [0.3, 0.4) is 0 Å². The Balaban J connectivity index is 1.80. The summed E-state index contributed by atoms with van der Waals surface area (Å²) in [5, 5.41) is 10.6. The fourth-order valence-corrected chi connectivity index (χ4v) is 2.37. The maximum absolute atomic E-state index is 9.74. The van der Waals surface area contributed by atoms with Gasteiger partial charge in [-0.25, -0.2) is 0 Å². The molecule has 3 rings (SSSR count). The summed E-state index contributed by atoms with van der Waals surface area (Å²) in [6.07, 6.45) is 0. The molecule has 0 unspecified atom stereocenters. The standard InChI is InChI=1S/C15H12BrNO2/c16-10-3-1-4-12(7-10)19-9-11-8-13-14(17-11)5-2-6-15(13)18/h1-8,17-18H,9H2. The van der Waals surface area contributed by atoms with Crippen molar-refractivity contribution in [3.8, 4) is 11.5 Å². The first kappa shape index (κ1) is 12.1. The molecule has 0 aliphatic heterocycles. The number of phenols is 1. The van der Waals surface area contributed by atoms with Gasteiger partial charge in [-0.2, -0.15) is 0 Å². The highest BCUT2D eigenvalue weighted by atomic mass is 79.9. The molecule has 0 aliphatic carbocycles. The largest absolute Gasteiger partial charge is 0.507 e. The predicted molar refractivity (Wildman–Crippen MR) is 78.4 cm³/mol. The number of hydrogen-bond donors (Lipinski definition) is 2. The van der Waals surface area contributed by atoms with Gasteiger partial charge in [0.2, 0.25) is 0 Å². The van der Waals surface area contributed by atoms with Crippen molar-refractivity contribution < 1.29 is 9.84 Å². The molecule has 0 aliphatic rings. The van der Waals surface area contributed by atoms with Gasteiger partial charge in [0, 0.05) is 15.4 Å². The van der Waals surface area contributed by atoms with Gasteiger partial charge >= 0.3 is 0 Å². The third-order valence-electron chi connectivity index (χ3n) is 2.89. The Morgan fingerprint density at radius 1 is 1.11 bits per heavy atom. The van der Waals surface area contributed by atoms with Crippen LogP contribution in [0.25, 0.3) is 10.9 Å². The van der Waals surface area contributed by atoms with Gasteiger partial charge in [0.25, 0.3) is 0 Å². The van der Waals surface area contributed by atoms with Crippen LogP contribution in [0.4, 0.5) is 0 Å². The van der Waals surface area contributed by atoms with Gasteiger partial charge in [-0.05, 0) is 36.4 Å². The number of benzene rings is 2. The molecule has 1 heterocycles. The van der Waals surface area contributed by atoms with E-state index in [0.29, 0.717) is 6.61 Å². The zero-order valence-electron chi connectivity index (χ0n) is 10.1. The van der Waals surface area contributed by atoms with Crippen LogP contribution < -0.4 is 4.74 Å². The normalized spacial score (nSPS) is 10.8. The van der Waals surface area contributed by atoms with Crippen molar-refractivity contribution in [2.75, 3.05) is 0 Å². The molecule has 3 nitrogen and oxygen atoms in total. The highest BCUT2D eigenvalue weighted by Gasteiger charge is 2.05. The molecule has 4 heteroatoms. The van der Waals surface area contributed by atoms with Gasteiger partial charge in [0.1, 0.15) is 18.1 Å². The lowest BCUT2D eigenvalue weighted by molar-refractivity contribution is 0.302. The number of phenolic OH excluding ortho intramolecular Hbond substituents is 1. The van der Waals surface area contributed by atoms with Crippen molar-refractivity contribution in [1.82, 2.24) is 4.98 Å². The fraction of sp³-hybridized carbons (Fsp3) is 0.0667. The van der Waals surface area contributed by atoms with Gasteiger partial charge in [-0.15, -0.1) is 0 Å². The fourth-order valence-electron chi connectivity index (χ4n) is 1.99. The Morgan fingerprint density at radius 2 is 1.95 bits per heavy atom. The molecule has 19 heavy (non-hydrogen) atoms. The van der Waals surface area contributed by atoms with Crippen molar-refractivity contribution >= 4 is 26.8 Å². The number of aromatic amines is 1. The number of halogens is 1. The minimum Gasteiger partial charge on any atom is -0.507 e. The Hall–Kier alpha value is -1.94. The lowest BCUT2D eigenvalue weighted by atomic mass is 10.2. The highest BCUT2D eigenvalue weighted by Crippen LogP contribution is 2.25. The van der Waals surface area contributed by atoms with Crippen molar-refractivity contribution in [1.29, 1.82) is 0 Å². The van der Waals surface area contributed by atoms with E-state index in [1.807, 2.05) is 42.5 Å². The second kappa shape index (κ2) is 4.97. The molecule has 0 bridgehead atoms. The third kappa shape index (κ3) is 2.58. The highest BCUT2D eigenvalue weighted by molar-refractivity contribution is 9.10. The summed E-state index contributed by atoms with van der Waals surface area (Å²) >= 11 is 3.41. The Labute approximate surface area is 119 Å². The number of H-pyrrole nitrogens is 1. The zero-order valence-corrected chi connectivity index (χ0v) is 11.6. The van der Waals surface area contributed by atoms with Crippen molar-refractivity contribution in [2.24, 2.45) is 0 Å². The Kier molecular flexibility index (Phi) is 3.17. The average Bonchev–Trinajstić information content (AvgIpc) is 2.81. The molecule has 96 valence electrons. The Morgan fingerprint density at radius 3 is 2.74 bits per heavy atom. The molecular formula is C15H12BrNO2. The van der Waals surface area contributed by atoms with Crippen LogP contribution in [0.2, 0.25) is 0 Å². The van der Waals surface area contributed by atoms with E-state index in [2.05, 4.69) is 20.9 Å². The number of fused-ring (bicyclic) bond motifs is 1. The number of aromatic hydroxyl groups is 1. The van der Waals surface area contributed by atoms with E-state index < -0.39 is 0 Å².